The molecule has 0 aliphatic heterocycles. The van der Waals surface area contributed by atoms with E-state index in [1.54, 1.807) is 12.1 Å². The number of carbonyl (C=O) groups excluding carboxylic acids is 1. The van der Waals surface area contributed by atoms with Crippen LogP contribution in [0, 0.1) is 5.92 Å². The molecule has 2 aromatic rings. The van der Waals surface area contributed by atoms with Gasteiger partial charge in [-0.05, 0) is 34.5 Å². The number of fused-ring (bicyclic) bond motifs is 1. The van der Waals surface area contributed by atoms with Crippen LogP contribution in [0.4, 0.5) is 5.69 Å². The van der Waals surface area contributed by atoms with Crippen LogP contribution in [0.15, 0.2) is 33.6 Å². The van der Waals surface area contributed by atoms with Crippen molar-refractivity contribution in [3.63, 3.8) is 0 Å². The Labute approximate surface area is 122 Å². The summed E-state index contributed by atoms with van der Waals surface area (Å²) in [4.78, 5) is 28.7. The summed E-state index contributed by atoms with van der Waals surface area (Å²) in [6.45, 7) is 0. The number of carbonyl (C=O) groups is 1. The zero-order valence-electron chi connectivity index (χ0n) is 10.4. The van der Waals surface area contributed by atoms with Gasteiger partial charge in [-0.25, -0.2) is 4.79 Å². The average Bonchev–Trinajstić information content (AvgIpc) is 2.95. The lowest BCUT2D eigenvalue weighted by molar-refractivity contribution is -0.118. The summed E-state index contributed by atoms with van der Waals surface area (Å²) in [6, 6.07) is 3.41. The molecule has 7 heteroatoms. The molecular formula is C13H13BrN4O2. The van der Waals surface area contributed by atoms with E-state index in [0.29, 0.717) is 27.6 Å². The molecule has 3 rings (SSSR count). The van der Waals surface area contributed by atoms with Gasteiger partial charge in [0.05, 0.1) is 22.6 Å². The van der Waals surface area contributed by atoms with Crippen molar-refractivity contribution in [2.75, 3.05) is 5.32 Å². The van der Waals surface area contributed by atoms with Gasteiger partial charge in [-0.1, -0.05) is 12.2 Å². The van der Waals surface area contributed by atoms with Gasteiger partial charge in [0.15, 0.2) is 0 Å². The first kappa shape index (κ1) is 13.1. The maximum atomic E-state index is 12.1. The fraction of sp³-hybridized carbons (Fsp3) is 0.231. The Morgan fingerprint density at radius 2 is 2.00 bits per heavy atom. The largest absolute Gasteiger partial charge is 0.324 e. The van der Waals surface area contributed by atoms with Crippen molar-refractivity contribution in [2.45, 2.75) is 12.5 Å². The van der Waals surface area contributed by atoms with Crippen molar-refractivity contribution < 1.29 is 4.79 Å². The molecule has 104 valence electrons. The molecule has 0 fully saturated rings. The molecule has 1 aromatic heterocycles. The Balaban J connectivity index is 1.86. The second kappa shape index (κ2) is 4.92. The second-order valence-electron chi connectivity index (χ2n) is 4.84. The van der Waals surface area contributed by atoms with Crippen molar-refractivity contribution in [3.8, 4) is 0 Å². The van der Waals surface area contributed by atoms with Gasteiger partial charge in [0.1, 0.15) is 0 Å². The predicted molar refractivity (Wildman–Crippen MR) is 80.5 cm³/mol. The number of imidazole rings is 1. The van der Waals surface area contributed by atoms with Crippen LogP contribution in [-0.4, -0.2) is 21.9 Å². The number of nitrogens with two attached hydrogens (primary N) is 1. The predicted octanol–water partition coefficient (Wildman–Crippen LogP) is 1.46. The highest BCUT2D eigenvalue weighted by Gasteiger charge is 2.23. The minimum absolute atomic E-state index is 0.0577. The van der Waals surface area contributed by atoms with E-state index in [1.165, 1.54) is 0 Å². The van der Waals surface area contributed by atoms with Crippen LogP contribution >= 0.6 is 15.9 Å². The Morgan fingerprint density at radius 1 is 1.30 bits per heavy atom. The average molecular weight is 337 g/mol. The highest BCUT2D eigenvalue weighted by atomic mass is 79.9. The van der Waals surface area contributed by atoms with Crippen molar-refractivity contribution in [1.82, 2.24) is 9.97 Å². The number of benzene rings is 1. The summed E-state index contributed by atoms with van der Waals surface area (Å²) in [7, 11) is 0. The molecule has 1 aliphatic rings. The van der Waals surface area contributed by atoms with Crippen molar-refractivity contribution in [3.05, 3.63) is 39.2 Å². The van der Waals surface area contributed by atoms with Gasteiger partial charge in [0.2, 0.25) is 5.91 Å². The highest BCUT2D eigenvalue weighted by Crippen LogP contribution is 2.28. The number of H-pyrrole nitrogens is 2. The first-order valence-electron chi connectivity index (χ1n) is 6.19. The summed E-state index contributed by atoms with van der Waals surface area (Å²) in [5.74, 6) is -0.315. The van der Waals surface area contributed by atoms with E-state index in [0.717, 1.165) is 0 Å². The minimum atomic E-state index is -0.278. The number of amides is 1. The van der Waals surface area contributed by atoms with Gasteiger partial charge in [0.25, 0.3) is 0 Å². The summed E-state index contributed by atoms with van der Waals surface area (Å²) in [5, 5.41) is 2.85. The summed E-state index contributed by atoms with van der Waals surface area (Å²) in [6.07, 6.45) is 4.28. The monoisotopic (exact) mass is 336 g/mol. The normalized spacial score (nSPS) is 21.5. The lowest BCUT2D eigenvalue weighted by Crippen LogP contribution is -2.24. The Bertz CT molecular complexity index is 761. The number of nitrogens with one attached hydrogen (secondary N) is 3. The van der Waals surface area contributed by atoms with Crippen LogP contribution in [0.1, 0.15) is 6.42 Å². The Kier molecular flexibility index (Phi) is 3.23. The number of hydrogen-bond acceptors (Lipinski definition) is 3. The first-order valence-corrected chi connectivity index (χ1v) is 6.98. The summed E-state index contributed by atoms with van der Waals surface area (Å²) >= 11 is 3.38. The molecule has 6 nitrogen and oxygen atoms in total. The Hall–Kier alpha value is -1.86. The third-order valence-electron chi connectivity index (χ3n) is 3.31. The lowest BCUT2D eigenvalue weighted by Gasteiger charge is -2.12. The maximum Gasteiger partial charge on any atom is 0.323 e. The molecule has 1 aromatic carbocycles. The van der Waals surface area contributed by atoms with E-state index in [1.807, 2.05) is 12.2 Å². The van der Waals surface area contributed by atoms with Crippen LogP contribution < -0.4 is 16.7 Å². The van der Waals surface area contributed by atoms with Crippen LogP contribution in [0.5, 0.6) is 0 Å². The third kappa shape index (κ3) is 2.41. The van der Waals surface area contributed by atoms with E-state index in [4.69, 9.17) is 5.73 Å². The van der Waals surface area contributed by atoms with Gasteiger partial charge in [-0.15, -0.1) is 0 Å². The number of halogens is 1. The standard InChI is InChI=1S/C13H13BrN4O2/c14-8-4-10-11(18-13(20)17-10)5-9(8)16-12(19)6-1-2-7(15)3-6/h1-2,4-7H,3,15H2,(H,16,19)(H2,17,18,20). The lowest BCUT2D eigenvalue weighted by atomic mass is 10.1. The maximum absolute atomic E-state index is 12.1. The van der Waals surface area contributed by atoms with Crippen molar-refractivity contribution in [2.24, 2.45) is 11.7 Å². The molecule has 1 amide bonds. The molecule has 0 saturated carbocycles. The molecule has 0 radical (unpaired) electrons. The quantitative estimate of drug-likeness (QED) is 0.624. The van der Waals surface area contributed by atoms with Crippen molar-refractivity contribution in [1.29, 1.82) is 0 Å². The molecule has 0 spiro atoms. The van der Waals surface area contributed by atoms with E-state index in [9.17, 15) is 9.59 Å². The summed E-state index contributed by atoms with van der Waals surface area (Å²) < 4.78 is 0.708. The molecule has 20 heavy (non-hydrogen) atoms. The van der Waals surface area contributed by atoms with Crippen LogP contribution in [0.25, 0.3) is 11.0 Å². The molecular weight excluding hydrogens is 324 g/mol. The zero-order valence-corrected chi connectivity index (χ0v) is 12.0. The molecule has 2 atom stereocenters. The Morgan fingerprint density at radius 3 is 2.65 bits per heavy atom. The smallest absolute Gasteiger partial charge is 0.323 e. The van der Waals surface area contributed by atoms with Gasteiger partial charge in [-0.2, -0.15) is 0 Å². The number of aromatic amines is 2. The number of anilines is 1. The number of aromatic nitrogens is 2. The molecule has 0 saturated heterocycles. The minimum Gasteiger partial charge on any atom is -0.324 e. The third-order valence-corrected chi connectivity index (χ3v) is 3.97. The van der Waals surface area contributed by atoms with E-state index in [-0.39, 0.29) is 23.6 Å². The highest BCUT2D eigenvalue weighted by molar-refractivity contribution is 9.10. The van der Waals surface area contributed by atoms with Crippen LogP contribution in [0.2, 0.25) is 0 Å². The molecule has 1 aliphatic carbocycles. The topological polar surface area (TPSA) is 104 Å². The molecule has 0 bridgehead atoms. The molecule has 2 unspecified atom stereocenters. The van der Waals surface area contributed by atoms with Gasteiger partial charge < -0.3 is 21.0 Å². The van der Waals surface area contributed by atoms with E-state index in [2.05, 4.69) is 31.2 Å². The van der Waals surface area contributed by atoms with Gasteiger partial charge in [-0.3, -0.25) is 4.79 Å². The number of rotatable bonds is 2. The van der Waals surface area contributed by atoms with E-state index < -0.39 is 0 Å². The van der Waals surface area contributed by atoms with Crippen molar-refractivity contribution >= 4 is 38.6 Å². The van der Waals surface area contributed by atoms with E-state index >= 15 is 0 Å². The first-order chi connectivity index (χ1) is 9.52. The van der Waals surface area contributed by atoms with Gasteiger partial charge >= 0.3 is 5.69 Å². The molecule has 1 heterocycles. The molecule has 5 N–H and O–H groups in total. The van der Waals surface area contributed by atoms with Crippen LogP contribution in [0.3, 0.4) is 0 Å². The SMILES string of the molecule is NC1C=CC(C(=O)Nc2cc3[nH]c(=O)[nH]c3cc2Br)C1. The fourth-order valence-corrected chi connectivity index (χ4v) is 2.74. The second-order valence-corrected chi connectivity index (χ2v) is 5.69. The summed E-state index contributed by atoms with van der Waals surface area (Å²) in [5.41, 5.74) is 7.41. The van der Waals surface area contributed by atoms with Gasteiger partial charge in [0, 0.05) is 10.5 Å². The fourth-order valence-electron chi connectivity index (χ4n) is 2.30. The zero-order chi connectivity index (χ0) is 14.3. The number of hydrogen-bond donors (Lipinski definition) is 4. The van der Waals surface area contributed by atoms with Crippen LogP contribution in [-0.2, 0) is 4.79 Å².